The first-order valence-electron chi connectivity index (χ1n) is 9.44. The lowest BCUT2D eigenvalue weighted by Gasteiger charge is -2.18. The highest BCUT2D eigenvalue weighted by molar-refractivity contribution is 5.95. The van der Waals surface area contributed by atoms with E-state index in [2.05, 4.69) is 0 Å². The van der Waals surface area contributed by atoms with E-state index in [4.69, 9.17) is 18.9 Å². The number of hydrogen-bond acceptors (Lipinski definition) is 7. The van der Waals surface area contributed by atoms with Crippen LogP contribution >= 0.6 is 0 Å². The molecule has 0 aromatic heterocycles. The molecule has 0 unspecified atom stereocenters. The highest BCUT2D eigenvalue weighted by Crippen LogP contribution is 2.35. The van der Waals surface area contributed by atoms with Crippen LogP contribution < -0.4 is 4.74 Å². The molecular weight excluding hydrogens is 388 g/mol. The minimum absolute atomic E-state index is 0.0442. The molecule has 7 nitrogen and oxygen atoms in total. The maximum absolute atomic E-state index is 12.9. The summed E-state index contributed by atoms with van der Waals surface area (Å²) in [5.74, 6) is -0.932. The zero-order chi connectivity index (χ0) is 22.6. The van der Waals surface area contributed by atoms with Crippen molar-refractivity contribution < 1.29 is 33.6 Å². The van der Waals surface area contributed by atoms with Crippen molar-refractivity contribution in [3.63, 3.8) is 0 Å². The van der Waals surface area contributed by atoms with Crippen molar-refractivity contribution in [2.75, 3.05) is 21.0 Å². The minimum Gasteiger partial charge on any atom is -0.504 e. The third-order valence-corrected chi connectivity index (χ3v) is 5.14. The van der Waals surface area contributed by atoms with Gasteiger partial charge in [0.1, 0.15) is 6.61 Å². The first-order chi connectivity index (χ1) is 14.1. The molecule has 0 aliphatic heterocycles. The Morgan fingerprint density at radius 1 is 0.833 bits per heavy atom. The summed E-state index contributed by atoms with van der Waals surface area (Å²) in [6.45, 7) is 8.68. The van der Waals surface area contributed by atoms with E-state index in [1.54, 1.807) is 13.8 Å². The van der Waals surface area contributed by atoms with Crippen molar-refractivity contribution in [1.29, 1.82) is 0 Å². The van der Waals surface area contributed by atoms with E-state index in [1.807, 2.05) is 26.8 Å². The van der Waals surface area contributed by atoms with Crippen molar-refractivity contribution in [1.82, 2.24) is 0 Å². The van der Waals surface area contributed by atoms with Crippen LogP contribution in [0.4, 0.5) is 0 Å². The normalized spacial score (nSPS) is 10.6. The van der Waals surface area contributed by atoms with Gasteiger partial charge in [0, 0.05) is 18.2 Å². The molecule has 0 fully saturated rings. The van der Waals surface area contributed by atoms with Gasteiger partial charge in [-0.3, -0.25) is 0 Å². The van der Waals surface area contributed by atoms with Crippen molar-refractivity contribution in [3.8, 4) is 11.5 Å². The number of hydrogen-bond donors (Lipinski definition) is 1. The Labute approximate surface area is 176 Å². The summed E-state index contributed by atoms with van der Waals surface area (Å²) in [5, 5.41) is 10.0. The largest absolute Gasteiger partial charge is 0.504 e. The van der Waals surface area contributed by atoms with Crippen LogP contribution in [-0.2, 0) is 20.8 Å². The van der Waals surface area contributed by atoms with Crippen LogP contribution in [0.3, 0.4) is 0 Å². The summed E-state index contributed by atoms with van der Waals surface area (Å²) in [6, 6.07) is 3.39. The molecule has 2 rings (SSSR count). The van der Waals surface area contributed by atoms with E-state index in [9.17, 15) is 14.7 Å². The van der Waals surface area contributed by atoms with E-state index in [-0.39, 0.29) is 24.9 Å². The lowest BCUT2D eigenvalue weighted by molar-refractivity contribution is -0.0129. The zero-order valence-electron chi connectivity index (χ0n) is 18.5. The number of aromatic hydroxyl groups is 1. The standard InChI is InChI=1S/C23H28O7/c1-12-8-13(2)17(20(15(12)4)23(26)30-11-27-6)10-29-22(25)19-14(3)9-18(24)21(28-7)16(19)5/h8-9,24H,10-11H2,1-7H3. The third-order valence-electron chi connectivity index (χ3n) is 5.14. The van der Waals surface area contributed by atoms with Crippen LogP contribution in [0.2, 0.25) is 0 Å². The molecular formula is C23H28O7. The number of methoxy groups -OCH3 is 2. The second-order valence-corrected chi connectivity index (χ2v) is 7.15. The van der Waals surface area contributed by atoms with Crippen LogP contribution in [0.1, 0.15) is 54.1 Å². The molecule has 0 bridgehead atoms. The van der Waals surface area contributed by atoms with Crippen molar-refractivity contribution in [2.45, 2.75) is 41.2 Å². The number of benzene rings is 2. The maximum atomic E-state index is 12.9. The number of carbonyl (C=O) groups is 2. The Morgan fingerprint density at radius 2 is 1.47 bits per heavy atom. The molecule has 7 heteroatoms. The molecule has 2 aromatic rings. The lowest BCUT2D eigenvalue weighted by atomic mass is 9.93. The highest BCUT2D eigenvalue weighted by Gasteiger charge is 2.24. The molecule has 0 aliphatic rings. The Hall–Kier alpha value is -3.06. The van der Waals surface area contributed by atoms with Gasteiger partial charge >= 0.3 is 11.9 Å². The number of carbonyl (C=O) groups excluding carboxylic acids is 2. The van der Waals surface area contributed by atoms with Crippen LogP contribution in [0, 0.1) is 34.6 Å². The molecule has 2 aromatic carbocycles. The average Bonchev–Trinajstić information content (AvgIpc) is 2.67. The van der Waals surface area contributed by atoms with Gasteiger partial charge < -0.3 is 24.1 Å². The van der Waals surface area contributed by atoms with Gasteiger partial charge in [0.05, 0.1) is 18.2 Å². The summed E-state index contributed by atoms with van der Waals surface area (Å²) >= 11 is 0. The summed E-state index contributed by atoms with van der Waals surface area (Å²) in [6.07, 6.45) is 0. The molecule has 0 spiro atoms. The molecule has 0 radical (unpaired) electrons. The van der Waals surface area contributed by atoms with Gasteiger partial charge in [0.15, 0.2) is 18.3 Å². The zero-order valence-corrected chi connectivity index (χ0v) is 18.5. The average molecular weight is 416 g/mol. The van der Waals surface area contributed by atoms with E-state index in [1.165, 1.54) is 20.3 Å². The van der Waals surface area contributed by atoms with Gasteiger partial charge in [-0.2, -0.15) is 0 Å². The van der Waals surface area contributed by atoms with E-state index in [0.29, 0.717) is 27.8 Å². The van der Waals surface area contributed by atoms with Gasteiger partial charge in [0.2, 0.25) is 0 Å². The number of ether oxygens (including phenoxy) is 4. The Balaban J connectivity index is 2.40. The highest BCUT2D eigenvalue weighted by atomic mass is 16.7. The topological polar surface area (TPSA) is 91.3 Å². The number of esters is 2. The molecule has 0 saturated heterocycles. The number of aryl methyl sites for hydroxylation is 3. The van der Waals surface area contributed by atoms with Gasteiger partial charge in [-0.1, -0.05) is 6.07 Å². The van der Waals surface area contributed by atoms with Crippen LogP contribution in [0.15, 0.2) is 12.1 Å². The SMILES string of the molecule is COCOC(=O)c1c(C)c(C)cc(C)c1COC(=O)c1c(C)cc(O)c(OC)c1C. The molecule has 30 heavy (non-hydrogen) atoms. The van der Waals surface area contributed by atoms with E-state index in [0.717, 1.165) is 16.7 Å². The second kappa shape index (κ2) is 9.63. The molecule has 0 amide bonds. The molecule has 0 atom stereocenters. The molecule has 0 aliphatic carbocycles. The Kier molecular flexibility index (Phi) is 7.45. The van der Waals surface area contributed by atoms with Crippen LogP contribution in [0.25, 0.3) is 0 Å². The van der Waals surface area contributed by atoms with Gasteiger partial charge in [0.25, 0.3) is 0 Å². The molecule has 1 N–H and O–H groups in total. The fraction of sp³-hybridized carbons (Fsp3) is 0.391. The smallest absolute Gasteiger partial charge is 0.340 e. The monoisotopic (exact) mass is 416 g/mol. The van der Waals surface area contributed by atoms with Gasteiger partial charge in [-0.25, -0.2) is 9.59 Å². The molecule has 0 saturated carbocycles. The van der Waals surface area contributed by atoms with Crippen LogP contribution in [-0.4, -0.2) is 38.1 Å². The predicted molar refractivity (Wildman–Crippen MR) is 111 cm³/mol. The second-order valence-electron chi connectivity index (χ2n) is 7.15. The summed E-state index contributed by atoms with van der Waals surface area (Å²) < 4.78 is 20.7. The maximum Gasteiger partial charge on any atom is 0.340 e. The first kappa shape index (κ1) is 23.2. The molecule has 162 valence electrons. The quantitative estimate of drug-likeness (QED) is 0.537. The third kappa shape index (κ3) is 4.57. The van der Waals surface area contributed by atoms with E-state index >= 15 is 0 Å². The van der Waals surface area contributed by atoms with Crippen molar-refractivity contribution in [2.24, 2.45) is 0 Å². The van der Waals surface area contributed by atoms with Crippen molar-refractivity contribution >= 4 is 11.9 Å². The number of rotatable bonds is 7. The Morgan fingerprint density at radius 3 is 2.07 bits per heavy atom. The van der Waals surface area contributed by atoms with Gasteiger partial charge in [-0.15, -0.1) is 0 Å². The first-order valence-corrected chi connectivity index (χ1v) is 9.44. The van der Waals surface area contributed by atoms with Crippen molar-refractivity contribution in [3.05, 3.63) is 56.6 Å². The van der Waals surface area contributed by atoms with Gasteiger partial charge in [-0.05, 0) is 62.9 Å². The fourth-order valence-corrected chi connectivity index (χ4v) is 3.51. The van der Waals surface area contributed by atoms with Crippen LogP contribution in [0.5, 0.6) is 11.5 Å². The predicted octanol–water partition coefficient (Wildman–Crippen LogP) is 4.06. The van der Waals surface area contributed by atoms with E-state index < -0.39 is 11.9 Å². The summed E-state index contributed by atoms with van der Waals surface area (Å²) in [4.78, 5) is 25.5. The summed E-state index contributed by atoms with van der Waals surface area (Å²) in [7, 11) is 2.85. The fourth-order valence-electron chi connectivity index (χ4n) is 3.51. The molecule has 0 heterocycles. The number of phenols is 1. The lowest BCUT2D eigenvalue weighted by Crippen LogP contribution is -2.17. The number of phenolic OH excluding ortho intramolecular Hbond substituents is 1. The Bertz CT molecular complexity index is 976. The minimum atomic E-state index is -0.572. The summed E-state index contributed by atoms with van der Waals surface area (Å²) in [5.41, 5.74) is 4.81.